The molecular formula is C16H21N3O. The van der Waals surface area contributed by atoms with Gasteiger partial charge in [0.1, 0.15) is 0 Å². The Morgan fingerprint density at radius 3 is 2.65 bits per heavy atom. The number of carbonyl (C=O) groups excluding carboxylic acids is 1. The van der Waals surface area contributed by atoms with Crippen molar-refractivity contribution in [2.75, 3.05) is 6.54 Å². The summed E-state index contributed by atoms with van der Waals surface area (Å²) in [6.45, 7) is 0.883. The highest BCUT2D eigenvalue weighted by Crippen LogP contribution is 2.43. The second kappa shape index (κ2) is 6.53. The molecule has 1 aliphatic rings. The normalized spacial score (nSPS) is 24.6. The first kappa shape index (κ1) is 14.5. The lowest BCUT2D eigenvalue weighted by atomic mass is 9.62. The van der Waals surface area contributed by atoms with E-state index in [9.17, 15) is 10.1 Å². The van der Waals surface area contributed by atoms with Crippen molar-refractivity contribution in [2.24, 2.45) is 5.73 Å². The molecule has 0 radical (unpaired) electrons. The van der Waals surface area contributed by atoms with Crippen LogP contribution in [0.1, 0.15) is 37.7 Å². The van der Waals surface area contributed by atoms with E-state index in [1.807, 2.05) is 30.3 Å². The lowest BCUT2D eigenvalue weighted by Gasteiger charge is -2.43. The van der Waals surface area contributed by atoms with Gasteiger partial charge in [-0.1, -0.05) is 30.3 Å². The van der Waals surface area contributed by atoms with E-state index in [1.54, 1.807) is 0 Å². The number of hydrogen-bond acceptors (Lipinski definition) is 3. The average Bonchev–Trinajstić information content (AvgIpc) is 2.41. The minimum absolute atomic E-state index is 0.235. The van der Waals surface area contributed by atoms with Gasteiger partial charge >= 0.3 is 0 Å². The maximum Gasteiger partial charge on any atom is 0.217 e. The number of benzene rings is 1. The van der Waals surface area contributed by atoms with Crippen LogP contribution in [0.3, 0.4) is 0 Å². The first-order chi connectivity index (χ1) is 9.66. The minimum Gasteiger partial charge on any atom is -0.370 e. The molecule has 0 aliphatic heterocycles. The van der Waals surface area contributed by atoms with Gasteiger partial charge in [0, 0.05) is 12.5 Å². The molecule has 4 nitrogen and oxygen atoms in total. The molecule has 0 unspecified atom stereocenters. The largest absolute Gasteiger partial charge is 0.370 e. The molecule has 0 bridgehead atoms. The third-order valence-electron chi connectivity index (χ3n) is 4.01. The van der Waals surface area contributed by atoms with E-state index in [1.165, 1.54) is 0 Å². The lowest BCUT2D eigenvalue weighted by molar-refractivity contribution is -0.118. The first-order valence-electron chi connectivity index (χ1n) is 7.15. The van der Waals surface area contributed by atoms with Crippen LogP contribution in [-0.2, 0) is 10.2 Å². The number of nitriles is 1. The van der Waals surface area contributed by atoms with Gasteiger partial charge in [0.15, 0.2) is 0 Å². The first-order valence-corrected chi connectivity index (χ1v) is 7.15. The zero-order valence-electron chi connectivity index (χ0n) is 11.6. The summed E-state index contributed by atoms with van der Waals surface area (Å²) in [5.74, 6) is -0.235. The summed E-state index contributed by atoms with van der Waals surface area (Å²) in [5, 5.41) is 12.9. The van der Waals surface area contributed by atoms with Crippen LogP contribution in [0.25, 0.3) is 0 Å². The molecule has 0 heterocycles. The molecule has 20 heavy (non-hydrogen) atoms. The van der Waals surface area contributed by atoms with E-state index in [2.05, 4.69) is 11.4 Å². The van der Waals surface area contributed by atoms with Crippen molar-refractivity contribution >= 4 is 5.91 Å². The van der Waals surface area contributed by atoms with E-state index in [-0.39, 0.29) is 11.3 Å². The van der Waals surface area contributed by atoms with E-state index in [4.69, 9.17) is 5.73 Å². The standard InChI is InChI=1S/C16H21N3O/c17-12-16(13-6-2-1-3-7-13)10-14(11-16)19-9-5-4-8-15(18)20/h1-3,6-7,14,19H,4-5,8-11H2,(H2,18,20). The average molecular weight is 271 g/mol. The molecule has 0 spiro atoms. The van der Waals surface area contributed by atoms with Crippen LogP contribution >= 0.6 is 0 Å². The van der Waals surface area contributed by atoms with Gasteiger partial charge in [0.25, 0.3) is 0 Å². The molecule has 1 aliphatic carbocycles. The zero-order chi connectivity index (χ0) is 14.4. The van der Waals surface area contributed by atoms with Crippen molar-refractivity contribution in [2.45, 2.75) is 43.6 Å². The Morgan fingerprint density at radius 1 is 1.35 bits per heavy atom. The number of carbonyl (C=O) groups is 1. The number of nitrogens with zero attached hydrogens (tertiary/aromatic N) is 1. The Bertz CT molecular complexity index is 486. The van der Waals surface area contributed by atoms with E-state index >= 15 is 0 Å². The van der Waals surface area contributed by atoms with Gasteiger partial charge in [-0.05, 0) is 37.8 Å². The van der Waals surface area contributed by atoms with Crippen LogP contribution in [-0.4, -0.2) is 18.5 Å². The highest BCUT2D eigenvalue weighted by Gasteiger charge is 2.45. The van der Waals surface area contributed by atoms with Gasteiger partial charge in [0.2, 0.25) is 5.91 Å². The minimum atomic E-state index is -0.313. The van der Waals surface area contributed by atoms with E-state index in [0.717, 1.165) is 37.8 Å². The summed E-state index contributed by atoms with van der Waals surface area (Å²) < 4.78 is 0. The molecule has 1 aromatic rings. The maximum atomic E-state index is 10.6. The monoisotopic (exact) mass is 271 g/mol. The summed E-state index contributed by atoms with van der Waals surface area (Å²) in [7, 11) is 0. The Kier molecular flexibility index (Phi) is 4.75. The lowest BCUT2D eigenvalue weighted by Crippen LogP contribution is -2.51. The van der Waals surface area contributed by atoms with Crippen molar-refractivity contribution < 1.29 is 4.79 Å². The predicted molar refractivity (Wildman–Crippen MR) is 77.8 cm³/mol. The zero-order valence-corrected chi connectivity index (χ0v) is 11.6. The number of unbranched alkanes of at least 4 members (excludes halogenated alkanes) is 1. The third-order valence-corrected chi connectivity index (χ3v) is 4.01. The molecule has 106 valence electrons. The van der Waals surface area contributed by atoms with Crippen molar-refractivity contribution in [3.8, 4) is 6.07 Å². The number of amides is 1. The molecule has 0 saturated heterocycles. The number of hydrogen-bond donors (Lipinski definition) is 2. The van der Waals surface area contributed by atoms with Crippen LogP contribution in [0.5, 0.6) is 0 Å². The summed E-state index contributed by atoms with van der Waals surface area (Å²) in [4.78, 5) is 10.6. The second-order valence-corrected chi connectivity index (χ2v) is 5.54. The highest BCUT2D eigenvalue weighted by atomic mass is 16.1. The van der Waals surface area contributed by atoms with Crippen LogP contribution in [0.4, 0.5) is 0 Å². The molecule has 1 aromatic carbocycles. The van der Waals surface area contributed by atoms with Gasteiger partial charge in [-0.15, -0.1) is 0 Å². The molecule has 4 heteroatoms. The fraction of sp³-hybridized carbons (Fsp3) is 0.500. The molecule has 3 N–H and O–H groups in total. The Morgan fingerprint density at radius 2 is 2.05 bits per heavy atom. The van der Waals surface area contributed by atoms with Gasteiger partial charge in [-0.3, -0.25) is 4.79 Å². The molecule has 1 amide bonds. The van der Waals surface area contributed by atoms with Crippen molar-refractivity contribution in [3.05, 3.63) is 35.9 Å². The van der Waals surface area contributed by atoms with Crippen LogP contribution < -0.4 is 11.1 Å². The predicted octanol–water partition coefficient (Wildman–Crippen LogP) is 1.86. The molecule has 1 saturated carbocycles. The Hall–Kier alpha value is -1.86. The number of nitrogens with two attached hydrogens (primary N) is 1. The second-order valence-electron chi connectivity index (χ2n) is 5.54. The SMILES string of the molecule is N#CC1(c2ccccc2)CC(NCCCCC(N)=O)C1. The fourth-order valence-corrected chi connectivity index (χ4v) is 2.80. The van der Waals surface area contributed by atoms with Gasteiger partial charge in [0.05, 0.1) is 11.5 Å². The smallest absolute Gasteiger partial charge is 0.217 e. The summed E-state index contributed by atoms with van der Waals surface area (Å²) in [6, 6.07) is 12.9. The summed E-state index contributed by atoms with van der Waals surface area (Å²) in [6.07, 6.45) is 3.96. The van der Waals surface area contributed by atoms with Crippen molar-refractivity contribution in [3.63, 3.8) is 0 Å². The van der Waals surface area contributed by atoms with Crippen molar-refractivity contribution in [1.29, 1.82) is 5.26 Å². The number of nitrogens with one attached hydrogen (secondary N) is 1. The molecular weight excluding hydrogens is 250 g/mol. The fourth-order valence-electron chi connectivity index (χ4n) is 2.80. The number of primary amides is 1. The highest BCUT2D eigenvalue weighted by molar-refractivity contribution is 5.73. The molecule has 2 rings (SSSR count). The van der Waals surface area contributed by atoms with Crippen LogP contribution in [0.2, 0.25) is 0 Å². The Labute approximate surface area is 120 Å². The topological polar surface area (TPSA) is 78.9 Å². The molecule has 0 aromatic heterocycles. The maximum absolute atomic E-state index is 10.6. The van der Waals surface area contributed by atoms with Gasteiger partial charge < -0.3 is 11.1 Å². The Balaban J connectivity index is 1.73. The molecule has 1 fully saturated rings. The van der Waals surface area contributed by atoms with Crippen molar-refractivity contribution in [1.82, 2.24) is 5.32 Å². The molecule has 0 atom stereocenters. The van der Waals surface area contributed by atoms with E-state index < -0.39 is 0 Å². The number of rotatable bonds is 7. The summed E-state index contributed by atoms with van der Waals surface area (Å²) >= 11 is 0. The summed E-state index contributed by atoms with van der Waals surface area (Å²) in [5.41, 5.74) is 5.90. The van der Waals surface area contributed by atoms with Crippen LogP contribution in [0, 0.1) is 11.3 Å². The quantitative estimate of drug-likeness (QED) is 0.743. The van der Waals surface area contributed by atoms with Crippen LogP contribution in [0.15, 0.2) is 30.3 Å². The van der Waals surface area contributed by atoms with Gasteiger partial charge in [-0.2, -0.15) is 5.26 Å². The van der Waals surface area contributed by atoms with Gasteiger partial charge in [-0.25, -0.2) is 0 Å². The third kappa shape index (κ3) is 3.37. The van der Waals surface area contributed by atoms with E-state index in [0.29, 0.717) is 12.5 Å².